The van der Waals surface area contributed by atoms with Crippen molar-refractivity contribution in [2.75, 3.05) is 32.9 Å². The van der Waals surface area contributed by atoms with Crippen molar-refractivity contribution in [2.24, 2.45) is 11.8 Å². The second-order valence-corrected chi connectivity index (χ2v) is 8.02. The van der Waals surface area contributed by atoms with Gasteiger partial charge >= 0.3 is 5.97 Å². The lowest BCUT2D eigenvalue weighted by molar-refractivity contribution is -0.153. The number of ether oxygens (including phenoxy) is 2. The predicted molar refractivity (Wildman–Crippen MR) is 131 cm³/mol. The summed E-state index contributed by atoms with van der Waals surface area (Å²) in [7, 11) is 0. The zero-order chi connectivity index (χ0) is 25.2. The van der Waals surface area contributed by atoms with E-state index in [4.69, 9.17) is 14.6 Å². The molecule has 3 N–H and O–H groups in total. The maximum atomic E-state index is 12.7. The maximum Gasteiger partial charge on any atom is 0.309 e. The van der Waals surface area contributed by atoms with Crippen molar-refractivity contribution in [3.05, 3.63) is 61.2 Å². The lowest BCUT2D eigenvalue weighted by atomic mass is 9.96. The van der Waals surface area contributed by atoms with Gasteiger partial charge in [-0.1, -0.05) is 42.5 Å². The maximum absolute atomic E-state index is 12.7. The number of esters is 1. The van der Waals surface area contributed by atoms with Gasteiger partial charge in [0.15, 0.2) is 0 Å². The second-order valence-electron chi connectivity index (χ2n) is 8.02. The van der Waals surface area contributed by atoms with Crippen LogP contribution >= 0.6 is 0 Å². The van der Waals surface area contributed by atoms with Gasteiger partial charge in [0.25, 0.3) is 0 Å². The number of aliphatic hydroxyl groups is 1. The third-order valence-electron chi connectivity index (χ3n) is 5.05. The zero-order valence-electron chi connectivity index (χ0n) is 20.0. The van der Waals surface area contributed by atoms with E-state index in [2.05, 4.69) is 23.8 Å². The molecule has 0 aliphatic rings. The van der Waals surface area contributed by atoms with Crippen molar-refractivity contribution in [3.8, 4) is 0 Å². The molecule has 34 heavy (non-hydrogen) atoms. The number of rotatable bonds is 18. The van der Waals surface area contributed by atoms with Crippen LogP contribution in [0, 0.1) is 11.8 Å². The smallest absolute Gasteiger partial charge is 0.309 e. The third-order valence-corrected chi connectivity index (χ3v) is 5.05. The van der Waals surface area contributed by atoms with Gasteiger partial charge in [0.1, 0.15) is 6.10 Å². The summed E-state index contributed by atoms with van der Waals surface area (Å²) in [6.45, 7) is 9.96. The highest BCUT2D eigenvalue weighted by atomic mass is 16.5. The molecule has 0 radical (unpaired) electrons. The first-order valence-electron chi connectivity index (χ1n) is 11.6. The number of carbonyl (C=O) groups is 3. The van der Waals surface area contributed by atoms with Gasteiger partial charge in [0.05, 0.1) is 38.2 Å². The summed E-state index contributed by atoms with van der Waals surface area (Å²) >= 11 is 0. The molecule has 0 saturated carbocycles. The van der Waals surface area contributed by atoms with Crippen LogP contribution in [0.3, 0.4) is 0 Å². The highest BCUT2D eigenvalue weighted by Crippen LogP contribution is 2.16. The van der Waals surface area contributed by atoms with Crippen LogP contribution in [0.15, 0.2) is 55.6 Å². The minimum Gasteiger partial charge on any atom is -0.461 e. The first-order valence-corrected chi connectivity index (χ1v) is 11.6. The molecule has 1 aromatic rings. The molecular weight excluding hydrogens is 436 g/mol. The molecule has 0 saturated heterocycles. The largest absolute Gasteiger partial charge is 0.461 e. The Hall–Kier alpha value is -2.97. The van der Waals surface area contributed by atoms with E-state index in [9.17, 15) is 14.4 Å². The minimum atomic E-state index is -0.578. The van der Waals surface area contributed by atoms with Crippen molar-refractivity contribution in [1.29, 1.82) is 0 Å². The van der Waals surface area contributed by atoms with E-state index in [0.717, 1.165) is 5.56 Å². The summed E-state index contributed by atoms with van der Waals surface area (Å²) in [6, 6.07) is 9.70. The Morgan fingerprint density at radius 3 is 2.35 bits per heavy atom. The van der Waals surface area contributed by atoms with Gasteiger partial charge in [0.2, 0.25) is 11.8 Å². The summed E-state index contributed by atoms with van der Waals surface area (Å²) < 4.78 is 10.6. The fourth-order valence-electron chi connectivity index (χ4n) is 3.30. The predicted octanol–water partition coefficient (Wildman–Crippen LogP) is 2.18. The van der Waals surface area contributed by atoms with Gasteiger partial charge in [-0.15, -0.1) is 13.2 Å². The summed E-state index contributed by atoms with van der Waals surface area (Å²) in [5.41, 5.74) is 1.04. The van der Waals surface area contributed by atoms with Crippen LogP contribution in [0.5, 0.6) is 0 Å². The van der Waals surface area contributed by atoms with Crippen molar-refractivity contribution >= 4 is 17.8 Å². The molecule has 0 aliphatic carbocycles. The molecular formula is C26H38N2O6. The van der Waals surface area contributed by atoms with E-state index < -0.39 is 12.0 Å². The van der Waals surface area contributed by atoms with Gasteiger partial charge < -0.3 is 25.2 Å². The van der Waals surface area contributed by atoms with E-state index in [1.165, 1.54) is 0 Å². The molecule has 2 amide bonds. The molecule has 0 aromatic heterocycles. The molecule has 1 aromatic carbocycles. The van der Waals surface area contributed by atoms with Gasteiger partial charge in [-0.05, 0) is 31.7 Å². The second kappa shape index (κ2) is 17.5. The average molecular weight is 475 g/mol. The summed E-state index contributed by atoms with van der Waals surface area (Å²) in [6.07, 6.45) is 4.15. The molecule has 3 unspecified atom stereocenters. The first-order chi connectivity index (χ1) is 16.4. The fourth-order valence-corrected chi connectivity index (χ4v) is 3.30. The van der Waals surface area contributed by atoms with Crippen LogP contribution in [0.4, 0.5) is 0 Å². The fraction of sp³-hybridized carbons (Fsp3) is 0.500. The zero-order valence-corrected chi connectivity index (χ0v) is 20.0. The number of carbonyl (C=O) groups excluding carboxylic acids is 3. The number of hydrogen-bond donors (Lipinski definition) is 3. The molecule has 3 atom stereocenters. The van der Waals surface area contributed by atoms with Crippen LogP contribution in [0.2, 0.25) is 0 Å². The SMILES string of the molecule is C=CCC(CC(=O)NCCOCCO)C(=O)NCC(C)OC(=O)C(CC=C)Cc1ccccc1. The van der Waals surface area contributed by atoms with Crippen LogP contribution < -0.4 is 10.6 Å². The number of hydrogen-bond acceptors (Lipinski definition) is 6. The molecule has 8 heteroatoms. The van der Waals surface area contributed by atoms with E-state index in [0.29, 0.717) is 25.8 Å². The Kier molecular flexibility index (Phi) is 15.0. The molecule has 0 spiro atoms. The standard InChI is InChI=1S/C26H38N2O6/c1-4-9-22(18-24(30)27-13-15-33-16-14-29)25(31)28-19-20(3)34-26(32)23(10-5-2)17-21-11-7-6-8-12-21/h4-8,11-12,20,22-23,29H,1-2,9-10,13-19H2,3H3,(H,27,30)(H,28,31). The lowest BCUT2D eigenvalue weighted by Crippen LogP contribution is -2.39. The number of aliphatic hydroxyl groups excluding tert-OH is 1. The third kappa shape index (κ3) is 12.3. The van der Waals surface area contributed by atoms with E-state index in [1.807, 2.05) is 30.3 Å². The molecule has 8 nitrogen and oxygen atoms in total. The van der Waals surface area contributed by atoms with E-state index in [1.54, 1.807) is 19.1 Å². The Balaban J connectivity index is 2.49. The Morgan fingerprint density at radius 2 is 1.71 bits per heavy atom. The molecule has 0 heterocycles. The Bertz CT molecular complexity index is 768. The topological polar surface area (TPSA) is 114 Å². The van der Waals surface area contributed by atoms with Gasteiger partial charge in [-0.3, -0.25) is 14.4 Å². The molecule has 0 aliphatic heterocycles. The summed E-state index contributed by atoms with van der Waals surface area (Å²) in [5.74, 6) is -1.85. The molecule has 0 fully saturated rings. The van der Waals surface area contributed by atoms with Crippen molar-refractivity contribution in [2.45, 2.75) is 38.7 Å². The van der Waals surface area contributed by atoms with Crippen molar-refractivity contribution in [1.82, 2.24) is 10.6 Å². The number of benzene rings is 1. The van der Waals surface area contributed by atoms with Gasteiger partial charge in [-0.2, -0.15) is 0 Å². The van der Waals surface area contributed by atoms with Crippen LogP contribution in [0.1, 0.15) is 31.7 Å². The highest BCUT2D eigenvalue weighted by Gasteiger charge is 2.24. The quantitative estimate of drug-likeness (QED) is 0.171. The van der Waals surface area contributed by atoms with Gasteiger partial charge in [-0.25, -0.2) is 0 Å². The van der Waals surface area contributed by atoms with Crippen LogP contribution in [-0.4, -0.2) is 61.9 Å². The Labute approximate surface area is 202 Å². The van der Waals surface area contributed by atoms with Crippen molar-refractivity contribution < 1.29 is 29.0 Å². The Morgan fingerprint density at radius 1 is 1.03 bits per heavy atom. The lowest BCUT2D eigenvalue weighted by Gasteiger charge is -2.20. The van der Waals surface area contributed by atoms with Crippen molar-refractivity contribution in [3.63, 3.8) is 0 Å². The first kappa shape index (κ1) is 29.1. The minimum absolute atomic E-state index is 0.00447. The molecule has 0 bridgehead atoms. The summed E-state index contributed by atoms with van der Waals surface area (Å²) in [5, 5.41) is 14.1. The molecule has 188 valence electrons. The van der Waals surface area contributed by atoms with Crippen LogP contribution in [0.25, 0.3) is 0 Å². The average Bonchev–Trinajstić information content (AvgIpc) is 2.82. The van der Waals surface area contributed by atoms with Crippen LogP contribution in [-0.2, 0) is 30.3 Å². The summed E-state index contributed by atoms with van der Waals surface area (Å²) in [4.78, 5) is 37.4. The number of amides is 2. The van der Waals surface area contributed by atoms with E-state index >= 15 is 0 Å². The van der Waals surface area contributed by atoms with Gasteiger partial charge in [0, 0.05) is 13.0 Å². The number of nitrogens with one attached hydrogen (secondary N) is 2. The normalized spacial score (nSPS) is 13.2. The monoisotopic (exact) mass is 474 g/mol. The molecule has 1 rings (SSSR count). The highest BCUT2D eigenvalue weighted by molar-refractivity contribution is 5.86. The number of allylic oxidation sites excluding steroid dienone is 2. The van der Waals surface area contributed by atoms with E-state index in [-0.39, 0.29) is 56.5 Å².